The molecule has 0 bridgehead atoms. The number of nitrogens with zero attached hydrogens (tertiary/aromatic N) is 1. The molecular weight excluding hydrogens is 165 g/mol. The monoisotopic (exact) mass is 176 g/mol. The van der Waals surface area contributed by atoms with Gasteiger partial charge in [0, 0.05) is 5.69 Å². The van der Waals surface area contributed by atoms with Crippen molar-refractivity contribution in [3.05, 3.63) is 24.3 Å². The van der Waals surface area contributed by atoms with Crippen LogP contribution < -0.4 is 9.71 Å². The number of hydrogen-bond acceptors (Lipinski definition) is 3. The minimum absolute atomic E-state index is 0.770. The van der Waals surface area contributed by atoms with E-state index >= 15 is 0 Å². The summed E-state index contributed by atoms with van der Waals surface area (Å²) in [4.78, 5) is 7.14. The fourth-order valence-corrected chi connectivity index (χ4v) is 1.28. The van der Waals surface area contributed by atoms with Gasteiger partial charge in [0.1, 0.15) is 5.75 Å². The lowest BCUT2D eigenvalue weighted by Gasteiger charge is -2.16. The molecule has 0 atom stereocenters. The van der Waals surface area contributed by atoms with Gasteiger partial charge in [-0.05, 0) is 30.6 Å². The number of anilines is 1. The van der Waals surface area contributed by atoms with Crippen LogP contribution in [0.1, 0.15) is 0 Å². The second-order valence-electron chi connectivity index (χ2n) is 2.83. The van der Waals surface area contributed by atoms with E-state index in [9.17, 15) is 0 Å². The van der Waals surface area contributed by atoms with Gasteiger partial charge in [-0.1, -0.05) is 0 Å². The van der Waals surface area contributed by atoms with E-state index in [2.05, 4.69) is 0 Å². The summed E-state index contributed by atoms with van der Waals surface area (Å²) in [5, 5.41) is 0. The molecule has 1 aliphatic heterocycles. The predicted octanol–water partition coefficient (Wildman–Crippen LogP) is 1.48. The molecule has 1 fully saturated rings. The van der Waals surface area contributed by atoms with Crippen molar-refractivity contribution < 1.29 is 9.57 Å². The molecular formula is C9H11BNO2. The van der Waals surface area contributed by atoms with Crippen molar-refractivity contribution in [1.82, 2.24) is 0 Å². The summed E-state index contributed by atoms with van der Waals surface area (Å²) in [7, 11) is 3.69. The number of benzene rings is 1. The van der Waals surface area contributed by atoms with Gasteiger partial charge in [0.05, 0.1) is 13.7 Å². The van der Waals surface area contributed by atoms with E-state index in [1.54, 1.807) is 12.1 Å². The van der Waals surface area contributed by atoms with Gasteiger partial charge in [-0.3, -0.25) is 4.84 Å². The van der Waals surface area contributed by atoms with E-state index in [1.165, 1.54) is 0 Å². The Morgan fingerprint density at radius 3 is 2.69 bits per heavy atom. The van der Waals surface area contributed by atoms with Crippen LogP contribution in [0.5, 0.6) is 5.75 Å². The van der Waals surface area contributed by atoms with Crippen LogP contribution in [0.2, 0.25) is 6.32 Å². The van der Waals surface area contributed by atoms with Crippen LogP contribution in [0.25, 0.3) is 0 Å². The van der Waals surface area contributed by atoms with Crippen molar-refractivity contribution in [2.75, 3.05) is 18.7 Å². The van der Waals surface area contributed by atoms with Crippen LogP contribution in [-0.2, 0) is 4.84 Å². The lowest BCUT2D eigenvalue weighted by atomic mass is 9.90. The summed E-state index contributed by atoms with van der Waals surface area (Å²) in [6.07, 6.45) is 0.978. The van der Waals surface area contributed by atoms with Crippen molar-refractivity contribution in [3.8, 4) is 5.75 Å². The van der Waals surface area contributed by atoms with E-state index in [0.29, 0.717) is 0 Å². The fraction of sp³-hybridized carbons (Fsp3) is 0.333. The highest BCUT2D eigenvalue weighted by Gasteiger charge is 2.14. The highest BCUT2D eigenvalue weighted by molar-refractivity contribution is 6.41. The van der Waals surface area contributed by atoms with Crippen molar-refractivity contribution in [1.29, 1.82) is 0 Å². The Hall–Kier alpha value is -1.16. The summed E-state index contributed by atoms with van der Waals surface area (Å²) in [5.74, 6) is 0.864. The van der Waals surface area contributed by atoms with Gasteiger partial charge in [-0.15, -0.1) is 0 Å². The Kier molecular flexibility index (Phi) is 2.41. The molecule has 13 heavy (non-hydrogen) atoms. The predicted molar refractivity (Wildman–Crippen MR) is 52.0 cm³/mol. The third kappa shape index (κ3) is 1.78. The SMILES string of the molecule is COc1ccc(N2[B]CCO2)cc1. The summed E-state index contributed by atoms with van der Waals surface area (Å²) in [5.41, 5.74) is 1.04. The summed E-state index contributed by atoms with van der Waals surface area (Å²) >= 11 is 0. The summed E-state index contributed by atoms with van der Waals surface area (Å²) in [6, 6.07) is 7.79. The topological polar surface area (TPSA) is 21.7 Å². The van der Waals surface area contributed by atoms with Crippen LogP contribution in [0.15, 0.2) is 24.3 Å². The number of methoxy groups -OCH3 is 1. The van der Waals surface area contributed by atoms with Gasteiger partial charge in [-0.25, -0.2) is 0 Å². The third-order valence-electron chi connectivity index (χ3n) is 1.97. The molecule has 4 heteroatoms. The molecule has 2 rings (SSSR count). The maximum Gasteiger partial charge on any atom is 0.288 e. The molecule has 1 aromatic carbocycles. The molecule has 67 valence electrons. The van der Waals surface area contributed by atoms with Crippen LogP contribution in [0, 0.1) is 0 Å². The molecule has 0 amide bonds. The first-order valence-corrected chi connectivity index (χ1v) is 4.30. The molecule has 1 aliphatic rings. The van der Waals surface area contributed by atoms with Crippen molar-refractivity contribution in [2.24, 2.45) is 0 Å². The summed E-state index contributed by atoms with van der Waals surface area (Å²) in [6.45, 7) is 0.770. The van der Waals surface area contributed by atoms with E-state index in [-0.39, 0.29) is 0 Å². The average Bonchev–Trinajstić information content (AvgIpc) is 2.71. The first-order valence-electron chi connectivity index (χ1n) is 4.30. The standard InChI is InChI=1S/C9H11BNO2/c1-12-9-4-2-8(3-5-9)11-10-6-7-13-11/h2-5H,6-7H2,1H3. The molecule has 3 nitrogen and oxygen atoms in total. The van der Waals surface area contributed by atoms with Gasteiger partial charge < -0.3 is 9.71 Å². The van der Waals surface area contributed by atoms with Crippen LogP contribution in [0.3, 0.4) is 0 Å². The zero-order valence-corrected chi connectivity index (χ0v) is 7.56. The van der Waals surface area contributed by atoms with Crippen molar-refractivity contribution in [2.45, 2.75) is 6.32 Å². The van der Waals surface area contributed by atoms with Crippen LogP contribution in [-0.4, -0.2) is 21.1 Å². The van der Waals surface area contributed by atoms with Gasteiger partial charge in [0.15, 0.2) is 0 Å². The lowest BCUT2D eigenvalue weighted by molar-refractivity contribution is 0.185. The molecule has 1 saturated heterocycles. The van der Waals surface area contributed by atoms with Gasteiger partial charge in [0.2, 0.25) is 0 Å². The Balaban J connectivity index is 2.12. The van der Waals surface area contributed by atoms with Gasteiger partial charge in [-0.2, -0.15) is 0 Å². The molecule has 0 aliphatic carbocycles. The third-order valence-corrected chi connectivity index (χ3v) is 1.97. The largest absolute Gasteiger partial charge is 0.497 e. The highest BCUT2D eigenvalue weighted by Crippen LogP contribution is 2.21. The number of hydrogen-bond donors (Lipinski definition) is 0. The second-order valence-corrected chi connectivity index (χ2v) is 2.83. The second kappa shape index (κ2) is 3.70. The molecule has 0 saturated carbocycles. The molecule has 1 aromatic rings. The molecule has 1 heterocycles. The molecule has 0 spiro atoms. The number of ether oxygens (including phenoxy) is 1. The van der Waals surface area contributed by atoms with Gasteiger partial charge in [0.25, 0.3) is 7.41 Å². The van der Waals surface area contributed by atoms with E-state index in [1.807, 2.05) is 31.7 Å². The minimum atomic E-state index is 0.770. The first-order chi connectivity index (χ1) is 6.40. The fourth-order valence-electron chi connectivity index (χ4n) is 1.28. The Morgan fingerprint density at radius 2 is 2.15 bits per heavy atom. The summed E-state index contributed by atoms with van der Waals surface area (Å²) < 4.78 is 5.06. The highest BCUT2D eigenvalue weighted by atomic mass is 16.7. The molecule has 0 aromatic heterocycles. The number of rotatable bonds is 2. The maximum atomic E-state index is 5.35. The molecule has 1 radical (unpaired) electrons. The van der Waals surface area contributed by atoms with E-state index in [4.69, 9.17) is 9.57 Å². The normalized spacial score (nSPS) is 15.6. The van der Waals surface area contributed by atoms with E-state index < -0.39 is 0 Å². The zero-order valence-electron chi connectivity index (χ0n) is 7.56. The maximum absolute atomic E-state index is 5.35. The Morgan fingerprint density at radius 1 is 1.38 bits per heavy atom. The van der Waals surface area contributed by atoms with Crippen molar-refractivity contribution in [3.63, 3.8) is 0 Å². The van der Waals surface area contributed by atoms with Crippen molar-refractivity contribution >= 4 is 13.1 Å². The smallest absolute Gasteiger partial charge is 0.288 e. The minimum Gasteiger partial charge on any atom is -0.497 e. The quantitative estimate of drug-likeness (QED) is 0.637. The first kappa shape index (κ1) is 8.44. The molecule has 0 unspecified atom stereocenters. The van der Waals surface area contributed by atoms with Crippen LogP contribution in [0.4, 0.5) is 5.69 Å². The zero-order chi connectivity index (χ0) is 9.10. The lowest BCUT2D eigenvalue weighted by Crippen LogP contribution is -2.18. The Labute approximate surface area is 78.5 Å². The van der Waals surface area contributed by atoms with E-state index in [0.717, 1.165) is 24.4 Å². The molecule has 0 N–H and O–H groups in total. The van der Waals surface area contributed by atoms with Crippen LogP contribution >= 0.6 is 0 Å². The Bertz CT molecular complexity index is 269. The average molecular weight is 176 g/mol. The van der Waals surface area contributed by atoms with Gasteiger partial charge >= 0.3 is 0 Å².